The molecule has 1 saturated carbocycles. The molecule has 1 amide bonds. The van der Waals surface area contributed by atoms with Gasteiger partial charge in [-0.15, -0.1) is 0 Å². The topological polar surface area (TPSA) is 49.8 Å². The van der Waals surface area contributed by atoms with Gasteiger partial charge in [-0.2, -0.15) is 13.2 Å². The summed E-state index contributed by atoms with van der Waals surface area (Å²) in [6.07, 6.45) is -2.45. The van der Waals surface area contributed by atoms with Gasteiger partial charge in [0.25, 0.3) is 5.91 Å². The van der Waals surface area contributed by atoms with Crippen molar-refractivity contribution in [1.82, 2.24) is 4.90 Å². The monoisotopic (exact) mass is 419 g/mol. The van der Waals surface area contributed by atoms with Crippen molar-refractivity contribution in [3.8, 4) is 16.9 Å². The molecule has 0 spiro atoms. The Bertz CT molecular complexity index is 961. The smallest absolute Gasteiger partial charge is 0.422 e. The van der Waals surface area contributed by atoms with Crippen molar-refractivity contribution in [3.05, 3.63) is 53.6 Å². The molecule has 2 aromatic carbocycles. The minimum Gasteiger partial charge on any atom is -0.484 e. The van der Waals surface area contributed by atoms with E-state index < -0.39 is 18.4 Å². The molecule has 1 N–H and O–H groups in total. The number of ether oxygens (including phenoxy) is 1. The second-order valence-electron chi connectivity index (χ2n) is 8.64. The second-order valence-corrected chi connectivity index (χ2v) is 8.64. The van der Waals surface area contributed by atoms with Crippen molar-refractivity contribution in [3.63, 3.8) is 0 Å². The van der Waals surface area contributed by atoms with E-state index in [1.807, 2.05) is 12.1 Å². The number of benzene rings is 2. The van der Waals surface area contributed by atoms with Crippen LogP contribution >= 0.6 is 0 Å². The standard InChI is InChI=1S/C23H24F3NO3/c1-22(2,29)20(14-9-10-14)27-12-16-6-4-8-18(19(16)21(27)28)15-5-3-7-17(11-15)30-13-23(24,25)26/h3-8,11,14,20,29H,9-10,12-13H2,1-2H3. The summed E-state index contributed by atoms with van der Waals surface area (Å²) < 4.78 is 42.3. The van der Waals surface area contributed by atoms with E-state index in [0.29, 0.717) is 23.2 Å². The average Bonchev–Trinajstić information content (AvgIpc) is 3.43. The summed E-state index contributed by atoms with van der Waals surface area (Å²) in [5.41, 5.74) is 1.65. The van der Waals surface area contributed by atoms with Gasteiger partial charge >= 0.3 is 6.18 Å². The zero-order chi connectivity index (χ0) is 21.7. The van der Waals surface area contributed by atoms with E-state index in [-0.39, 0.29) is 23.6 Å². The molecule has 30 heavy (non-hydrogen) atoms. The normalized spacial score (nSPS) is 17.8. The molecule has 4 rings (SSSR count). The molecule has 0 bridgehead atoms. The Hall–Kier alpha value is -2.54. The van der Waals surface area contributed by atoms with Crippen molar-refractivity contribution >= 4 is 5.91 Å². The Kier molecular flexibility index (Phi) is 5.04. The number of amides is 1. The first kappa shape index (κ1) is 20.7. The van der Waals surface area contributed by atoms with Gasteiger partial charge in [-0.3, -0.25) is 4.79 Å². The first-order valence-electron chi connectivity index (χ1n) is 10.00. The van der Waals surface area contributed by atoms with E-state index in [4.69, 9.17) is 4.74 Å². The summed E-state index contributed by atoms with van der Waals surface area (Å²) >= 11 is 0. The molecular weight excluding hydrogens is 395 g/mol. The molecule has 1 atom stereocenters. The minimum atomic E-state index is -4.42. The van der Waals surface area contributed by atoms with Crippen molar-refractivity contribution < 1.29 is 27.8 Å². The molecule has 1 heterocycles. The number of nitrogens with zero attached hydrogens (tertiary/aromatic N) is 1. The van der Waals surface area contributed by atoms with Crippen LogP contribution in [-0.4, -0.2) is 40.3 Å². The first-order chi connectivity index (χ1) is 14.0. The number of aliphatic hydroxyl groups is 1. The summed E-state index contributed by atoms with van der Waals surface area (Å²) in [6, 6.07) is 11.6. The van der Waals surface area contributed by atoms with Gasteiger partial charge in [-0.1, -0.05) is 30.3 Å². The molecule has 4 nitrogen and oxygen atoms in total. The first-order valence-corrected chi connectivity index (χ1v) is 10.00. The number of hydrogen-bond donors (Lipinski definition) is 1. The van der Waals surface area contributed by atoms with Crippen molar-refractivity contribution in [2.24, 2.45) is 5.92 Å². The number of carbonyl (C=O) groups excluding carboxylic acids is 1. The molecule has 0 radical (unpaired) electrons. The Morgan fingerprint density at radius 1 is 1.17 bits per heavy atom. The maximum Gasteiger partial charge on any atom is 0.422 e. The highest BCUT2D eigenvalue weighted by molar-refractivity contribution is 6.04. The second kappa shape index (κ2) is 7.30. The third-order valence-corrected chi connectivity index (χ3v) is 5.64. The SMILES string of the molecule is CC(C)(O)C(C1CC1)N1Cc2cccc(-c3cccc(OCC(F)(F)F)c3)c2C1=O. The van der Waals surface area contributed by atoms with E-state index in [9.17, 15) is 23.1 Å². The fourth-order valence-corrected chi connectivity index (χ4v) is 4.39. The predicted octanol–water partition coefficient (Wildman–Crippen LogP) is 4.80. The van der Waals surface area contributed by atoms with E-state index in [1.54, 1.807) is 36.9 Å². The lowest BCUT2D eigenvalue weighted by Crippen LogP contribution is -2.51. The molecule has 2 aliphatic rings. The van der Waals surface area contributed by atoms with Crippen LogP contribution in [0.15, 0.2) is 42.5 Å². The van der Waals surface area contributed by atoms with E-state index in [0.717, 1.165) is 18.4 Å². The lowest BCUT2D eigenvalue weighted by atomic mass is 9.92. The molecule has 1 aliphatic heterocycles. The Morgan fingerprint density at radius 3 is 2.50 bits per heavy atom. The highest BCUT2D eigenvalue weighted by atomic mass is 19.4. The number of alkyl halides is 3. The maximum absolute atomic E-state index is 13.4. The maximum atomic E-state index is 13.4. The Labute approximate surface area is 173 Å². The van der Waals surface area contributed by atoms with Crippen LogP contribution in [0.3, 0.4) is 0 Å². The number of carbonyl (C=O) groups is 1. The molecule has 0 aromatic heterocycles. The van der Waals surface area contributed by atoms with Crippen LogP contribution in [0.5, 0.6) is 5.75 Å². The van der Waals surface area contributed by atoms with Gasteiger partial charge in [-0.05, 0) is 61.4 Å². The summed E-state index contributed by atoms with van der Waals surface area (Å²) in [5.74, 6) is 0.226. The van der Waals surface area contributed by atoms with E-state index >= 15 is 0 Å². The van der Waals surface area contributed by atoms with Gasteiger partial charge in [0, 0.05) is 6.54 Å². The molecule has 1 aliphatic carbocycles. The minimum absolute atomic E-state index is 0.0945. The van der Waals surface area contributed by atoms with Gasteiger partial charge < -0.3 is 14.7 Å². The highest BCUT2D eigenvalue weighted by Gasteiger charge is 2.48. The number of fused-ring (bicyclic) bond motifs is 1. The Balaban J connectivity index is 1.66. The summed E-state index contributed by atoms with van der Waals surface area (Å²) in [7, 11) is 0. The fraction of sp³-hybridized carbons (Fsp3) is 0.435. The highest BCUT2D eigenvalue weighted by Crippen LogP contribution is 2.44. The van der Waals surface area contributed by atoms with Gasteiger partial charge in [0.2, 0.25) is 0 Å². The van der Waals surface area contributed by atoms with Crippen molar-refractivity contribution in [2.75, 3.05) is 6.61 Å². The summed E-state index contributed by atoms with van der Waals surface area (Å²) in [5, 5.41) is 10.7. The van der Waals surface area contributed by atoms with Crippen molar-refractivity contribution in [1.29, 1.82) is 0 Å². The lowest BCUT2D eigenvalue weighted by Gasteiger charge is -2.37. The largest absolute Gasteiger partial charge is 0.484 e. The average molecular weight is 419 g/mol. The molecule has 160 valence electrons. The van der Waals surface area contributed by atoms with Gasteiger partial charge in [-0.25, -0.2) is 0 Å². The fourth-order valence-electron chi connectivity index (χ4n) is 4.39. The zero-order valence-electron chi connectivity index (χ0n) is 16.9. The molecule has 1 unspecified atom stereocenters. The predicted molar refractivity (Wildman–Crippen MR) is 106 cm³/mol. The third kappa shape index (κ3) is 4.17. The summed E-state index contributed by atoms with van der Waals surface area (Å²) in [4.78, 5) is 15.1. The molecular formula is C23H24F3NO3. The van der Waals surface area contributed by atoms with Crippen LogP contribution in [0.1, 0.15) is 42.6 Å². The molecule has 2 aromatic rings. The van der Waals surface area contributed by atoms with Gasteiger partial charge in [0.05, 0.1) is 17.2 Å². The zero-order valence-corrected chi connectivity index (χ0v) is 16.9. The number of halogens is 3. The summed E-state index contributed by atoms with van der Waals surface area (Å²) in [6.45, 7) is 2.51. The quantitative estimate of drug-likeness (QED) is 0.732. The van der Waals surface area contributed by atoms with Crippen LogP contribution in [-0.2, 0) is 6.54 Å². The number of hydrogen-bond acceptors (Lipinski definition) is 3. The van der Waals surface area contributed by atoms with Crippen LogP contribution in [0.4, 0.5) is 13.2 Å². The molecule has 0 saturated heterocycles. The van der Waals surface area contributed by atoms with Gasteiger partial charge in [0.1, 0.15) is 5.75 Å². The molecule has 7 heteroatoms. The van der Waals surface area contributed by atoms with Gasteiger partial charge in [0.15, 0.2) is 6.61 Å². The Morgan fingerprint density at radius 2 is 1.87 bits per heavy atom. The molecule has 1 fully saturated rings. The third-order valence-electron chi connectivity index (χ3n) is 5.64. The van der Waals surface area contributed by atoms with E-state index in [1.165, 1.54) is 12.1 Å². The van der Waals surface area contributed by atoms with E-state index in [2.05, 4.69) is 0 Å². The van der Waals surface area contributed by atoms with Crippen LogP contribution in [0.2, 0.25) is 0 Å². The van der Waals surface area contributed by atoms with Crippen LogP contribution in [0.25, 0.3) is 11.1 Å². The number of rotatable bonds is 6. The van der Waals surface area contributed by atoms with Crippen LogP contribution < -0.4 is 4.74 Å². The van der Waals surface area contributed by atoms with Crippen molar-refractivity contribution in [2.45, 2.75) is 51.1 Å². The lowest BCUT2D eigenvalue weighted by molar-refractivity contribution is -0.153. The van der Waals surface area contributed by atoms with Crippen LogP contribution in [0, 0.1) is 5.92 Å².